The molecule has 0 N–H and O–H groups in total. The molecule has 14 rings (SSSR count). The van der Waals surface area contributed by atoms with Gasteiger partial charge in [-0.25, -0.2) is 9.97 Å². The Kier molecular flexibility index (Phi) is 5.85. The van der Waals surface area contributed by atoms with Crippen molar-refractivity contribution >= 4 is 97.3 Å². The molecule has 0 spiro atoms. The maximum Gasteiger partial charge on any atom is 0.247 e. The molecular weight excluding hydrogens is 729 g/mol. The van der Waals surface area contributed by atoms with E-state index in [0.29, 0.717) is 5.71 Å². The van der Waals surface area contributed by atoms with Crippen molar-refractivity contribution in [3.63, 3.8) is 0 Å². The largest absolute Gasteiger partial charge is 0.436 e. The first kappa shape index (κ1) is 30.7. The minimum absolute atomic E-state index is 0.533. The average molecular weight is 757 g/mol. The van der Waals surface area contributed by atoms with Crippen LogP contribution < -0.4 is 0 Å². The number of hydrogen-bond acceptors (Lipinski definition) is 4. The summed E-state index contributed by atoms with van der Waals surface area (Å²) in [7, 11) is 0. The summed E-state index contributed by atoms with van der Waals surface area (Å²) in [4.78, 5) is 11.0. The first-order valence-corrected chi connectivity index (χ1v) is 20.4. The van der Waals surface area contributed by atoms with Gasteiger partial charge in [0.2, 0.25) is 5.71 Å². The van der Waals surface area contributed by atoms with Gasteiger partial charge in [0, 0.05) is 63.8 Å². The van der Waals surface area contributed by atoms with Crippen LogP contribution in [0.5, 0.6) is 0 Å². The second-order valence-electron chi connectivity index (χ2n) is 15.3. The van der Waals surface area contributed by atoms with Gasteiger partial charge >= 0.3 is 0 Å². The number of nitrogens with zero attached hydrogens (tertiary/aromatic N) is 4. The zero-order valence-electron chi connectivity index (χ0n) is 30.8. The molecule has 0 unspecified atom stereocenters. The summed E-state index contributed by atoms with van der Waals surface area (Å²) >= 11 is 1.80. The summed E-state index contributed by atoms with van der Waals surface area (Å²) < 4.78 is 13.7. The molecule has 0 bridgehead atoms. The molecule has 0 saturated carbocycles. The van der Waals surface area contributed by atoms with Gasteiger partial charge in [0.25, 0.3) is 0 Å². The third-order valence-electron chi connectivity index (χ3n) is 12.3. The monoisotopic (exact) mass is 756 g/mol. The van der Waals surface area contributed by atoms with Crippen LogP contribution in [0.2, 0.25) is 0 Å². The quantitative estimate of drug-likeness (QED) is 0.176. The maximum absolute atomic E-state index is 6.45. The minimum atomic E-state index is 0.533. The second kappa shape index (κ2) is 11.1. The van der Waals surface area contributed by atoms with Crippen LogP contribution in [0.25, 0.3) is 131 Å². The molecule has 6 heteroatoms. The fourth-order valence-corrected chi connectivity index (χ4v) is 11.1. The van der Waals surface area contributed by atoms with Crippen LogP contribution in [0, 0.1) is 0 Å². The number of hydrogen-bond donors (Lipinski definition) is 0. The lowest BCUT2D eigenvalue weighted by molar-refractivity contribution is 0.653. The molecule has 58 heavy (non-hydrogen) atoms. The van der Waals surface area contributed by atoms with Crippen molar-refractivity contribution in [2.75, 3.05) is 0 Å². The Balaban J connectivity index is 1.15. The topological polar surface area (TPSA) is 48.8 Å². The highest BCUT2D eigenvalue weighted by atomic mass is 32.1. The Morgan fingerprint density at radius 1 is 0.431 bits per heavy atom. The van der Waals surface area contributed by atoms with Crippen molar-refractivity contribution in [3.8, 4) is 45.0 Å². The number of para-hydroxylation sites is 4. The molecule has 1 aliphatic rings. The van der Waals surface area contributed by atoms with Crippen molar-refractivity contribution in [3.05, 3.63) is 170 Å². The lowest BCUT2D eigenvalue weighted by Crippen LogP contribution is -2.03. The Morgan fingerprint density at radius 3 is 1.93 bits per heavy atom. The van der Waals surface area contributed by atoms with E-state index >= 15 is 0 Å². The molecule has 0 fully saturated rings. The van der Waals surface area contributed by atoms with Crippen molar-refractivity contribution in [1.82, 2.24) is 19.1 Å². The van der Waals surface area contributed by atoms with Gasteiger partial charge in [0.15, 0.2) is 5.82 Å². The molecule has 0 amide bonds. The van der Waals surface area contributed by atoms with Gasteiger partial charge in [-0.15, -0.1) is 11.3 Å². The smallest absolute Gasteiger partial charge is 0.247 e. The number of thiophene rings is 1. The number of rotatable bonds is 2. The van der Waals surface area contributed by atoms with E-state index in [4.69, 9.17) is 14.4 Å². The lowest BCUT2D eigenvalue weighted by atomic mass is 9.94. The van der Waals surface area contributed by atoms with Crippen LogP contribution in [-0.4, -0.2) is 19.1 Å². The van der Waals surface area contributed by atoms with Crippen LogP contribution >= 0.6 is 11.3 Å². The van der Waals surface area contributed by atoms with E-state index in [-0.39, 0.29) is 0 Å². The highest BCUT2D eigenvalue weighted by Gasteiger charge is 2.27. The lowest BCUT2D eigenvalue weighted by Gasteiger charge is -2.14. The van der Waals surface area contributed by atoms with E-state index in [1.165, 1.54) is 69.9 Å². The summed E-state index contributed by atoms with van der Waals surface area (Å²) in [5.41, 5.74) is 14.6. The normalized spacial score (nSPS) is 12.5. The van der Waals surface area contributed by atoms with Crippen LogP contribution in [0.15, 0.2) is 174 Å². The van der Waals surface area contributed by atoms with E-state index < -0.39 is 0 Å². The van der Waals surface area contributed by atoms with Gasteiger partial charge in [0.05, 0.1) is 27.8 Å². The van der Waals surface area contributed by atoms with Gasteiger partial charge < -0.3 is 8.98 Å². The molecule has 8 aromatic carbocycles. The number of benzene rings is 8. The zero-order chi connectivity index (χ0) is 37.6. The molecule has 0 atom stereocenters. The van der Waals surface area contributed by atoms with Crippen LogP contribution in [-0.2, 0) is 0 Å². The third-order valence-corrected chi connectivity index (χ3v) is 13.5. The summed E-state index contributed by atoms with van der Waals surface area (Å²) in [5.74, 6) is 0.777. The number of aromatic nitrogens is 4. The molecule has 6 heterocycles. The predicted octanol–water partition coefficient (Wildman–Crippen LogP) is 14.3. The minimum Gasteiger partial charge on any atom is -0.436 e. The van der Waals surface area contributed by atoms with E-state index in [9.17, 15) is 0 Å². The van der Waals surface area contributed by atoms with Crippen LogP contribution in [0.3, 0.4) is 0 Å². The number of furan rings is 1. The molecule has 5 aromatic heterocycles. The molecule has 5 nitrogen and oxygen atoms in total. The average Bonchev–Trinajstić information content (AvgIpc) is 4.00. The Bertz CT molecular complexity index is 3940. The Hall–Kier alpha value is -7.54. The Morgan fingerprint density at radius 2 is 1.05 bits per heavy atom. The third kappa shape index (κ3) is 3.89. The van der Waals surface area contributed by atoms with Crippen molar-refractivity contribution in [1.29, 1.82) is 0 Å². The summed E-state index contributed by atoms with van der Waals surface area (Å²) in [5, 5.41) is 8.14. The molecule has 13 aromatic rings. The van der Waals surface area contributed by atoms with Gasteiger partial charge in [-0.2, -0.15) is 0 Å². The van der Waals surface area contributed by atoms with Gasteiger partial charge in [-0.1, -0.05) is 127 Å². The summed E-state index contributed by atoms with van der Waals surface area (Å²) in [6.45, 7) is 0. The predicted molar refractivity (Wildman–Crippen MR) is 241 cm³/mol. The van der Waals surface area contributed by atoms with Gasteiger partial charge in [0.1, 0.15) is 16.8 Å². The molecular formula is C52H28N4OS. The molecule has 268 valence electrons. The second-order valence-corrected chi connectivity index (χ2v) is 16.3. The highest BCUT2D eigenvalue weighted by Crippen LogP contribution is 2.49. The zero-order valence-corrected chi connectivity index (χ0v) is 31.6. The van der Waals surface area contributed by atoms with Crippen molar-refractivity contribution in [2.24, 2.45) is 0 Å². The Labute approximate surface area is 334 Å². The standard InChI is InChI=1S/C52H28N4OS/c1-2-14-30-29(13-1)31-15-3-7-23-41(31)55-43-27-39-32-16-4-8-24-42(32)56(44(39)28-40(43)35-20-11-19-34(30)49(35)55)51-47(54-52-48(53-51)37-18-5-9-25-45(37)57-52)38-22-12-21-36-33-17-6-10-26-46(33)58-50(36)38/h1-28H. The van der Waals surface area contributed by atoms with Crippen LogP contribution in [0.1, 0.15) is 0 Å². The van der Waals surface area contributed by atoms with Crippen molar-refractivity contribution in [2.45, 2.75) is 0 Å². The van der Waals surface area contributed by atoms with Crippen LogP contribution in [0.4, 0.5) is 0 Å². The first-order valence-electron chi connectivity index (χ1n) is 19.6. The van der Waals surface area contributed by atoms with E-state index in [1.807, 2.05) is 18.2 Å². The fraction of sp³-hybridized carbons (Fsp3) is 0. The van der Waals surface area contributed by atoms with E-state index in [1.54, 1.807) is 11.3 Å². The first-order chi connectivity index (χ1) is 28.8. The maximum atomic E-state index is 6.45. The van der Waals surface area contributed by atoms with E-state index in [2.05, 4.69) is 161 Å². The van der Waals surface area contributed by atoms with Gasteiger partial charge in [-0.05, 0) is 53.6 Å². The summed E-state index contributed by atoms with van der Waals surface area (Å²) in [6, 6.07) is 61.3. The fourth-order valence-electron chi connectivity index (χ4n) is 9.86. The highest BCUT2D eigenvalue weighted by molar-refractivity contribution is 7.26. The molecule has 0 saturated heterocycles. The van der Waals surface area contributed by atoms with E-state index in [0.717, 1.165) is 55.4 Å². The molecule has 0 aliphatic carbocycles. The summed E-state index contributed by atoms with van der Waals surface area (Å²) in [6.07, 6.45) is 0. The molecule has 1 aliphatic heterocycles. The number of fused-ring (bicyclic) bond motifs is 17. The van der Waals surface area contributed by atoms with Crippen molar-refractivity contribution < 1.29 is 4.42 Å². The SMILES string of the molecule is c1ccc2c(c1)-c1ccccc1-n1c3cc4c5ccccc5n(-c5nc6c(nc5-c5cccc7c5sc5ccccc57)oc5ccccc56)c4cc3c3cccc-2c31. The molecule has 0 radical (unpaired) electrons. The van der Waals surface area contributed by atoms with Gasteiger partial charge in [-0.3, -0.25) is 4.57 Å².